The largest absolute Gasteiger partial charge is 0.508 e. The van der Waals surface area contributed by atoms with Gasteiger partial charge in [-0.2, -0.15) is 0 Å². The van der Waals surface area contributed by atoms with Gasteiger partial charge in [0.15, 0.2) is 0 Å². The van der Waals surface area contributed by atoms with Crippen LogP contribution in [-0.2, 0) is 15.8 Å². The highest BCUT2D eigenvalue weighted by Gasteiger charge is 2.20. The van der Waals surface area contributed by atoms with E-state index in [1.165, 1.54) is 18.3 Å². The number of hydrogen-bond donors (Lipinski definition) is 3. The topological polar surface area (TPSA) is 102 Å². The molecule has 1 aliphatic heterocycles. The van der Waals surface area contributed by atoms with Crippen molar-refractivity contribution >= 4 is 21.6 Å². The third-order valence-electron chi connectivity index (χ3n) is 3.56. The standard InChI is InChI=1S/C17H17N3O4S/c21-15-8-6-14(7-9-15)16-10-18-17(11-20(16)22)19-25(23,24)12-13-4-2-1-3-5-13/h1-10,21-22H,11-12H2,(H,18,19). The first kappa shape index (κ1) is 17.0. The van der Waals surface area contributed by atoms with Gasteiger partial charge >= 0.3 is 0 Å². The van der Waals surface area contributed by atoms with Crippen LogP contribution in [0.25, 0.3) is 5.70 Å². The number of nitrogens with zero attached hydrogens (tertiary/aromatic N) is 2. The highest BCUT2D eigenvalue weighted by atomic mass is 32.2. The van der Waals surface area contributed by atoms with Crippen LogP contribution in [0.4, 0.5) is 0 Å². The lowest BCUT2D eigenvalue weighted by Crippen LogP contribution is -2.38. The van der Waals surface area contributed by atoms with Crippen LogP contribution in [0.3, 0.4) is 0 Å². The fraction of sp³-hybridized carbons (Fsp3) is 0.118. The summed E-state index contributed by atoms with van der Waals surface area (Å²) in [4.78, 5) is 0. The fourth-order valence-corrected chi connectivity index (χ4v) is 3.53. The molecule has 0 spiro atoms. The molecule has 3 N–H and O–H groups in total. The second-order valence-electron chi connectivity index (χ2n) is 5.53. The summed E-state index contributed by atoms with van der Waals surface area (Å²) in [5, 5.41) is 23.2. The number of phenols is 1. The third kappa shape index (κ3) is 4.37. The average Bonchev–Trinajstić information content (AvgIpc) is 2.56. The maximum absolute atomic E-state index is 12.2. The van der Waals surface area contributed by atoms with Gasteiger partial charge in [-0.15, -0.1) is 4.40 Å². The van der Waals surface area contributed by atoms with E-state index in [0.717, 1.165) is 5.06 Å². The normalized spacial score (nSPS) is 16.4. The number of benzene rings is 2. The van der Waals surface area contributed by atoms with Crippen molar-refractivity contribution in [3.63, 3.8) is 0 Å². The lowest BCUT2D eigenvalue weighted by molar-refractivity contribution is -0.0139. The van der Waals surface area contributed by atoms with Crippen LogP contribution in [0.15, 0.2) is 65.2 Å². The van der Waals surface area contributed by atoms with Crippen molar-refractivity contribution in [2.75, 3.05) is 6.54 Å². The Morgan fingerprint density at radius 1 is 1.08 bits per heavy atom. The SMILES string of the molecule is O=S(=O)(Cc1ccccc1)N=C1CN(O)C(c2ccc(O)cc2)=CN1. The molecule has 0 fully saturated rings. The van der Waals surface area contributed by atoms with E-state index in [1.807, 2.05) is 6.07 Å². The van der Waals surface area contributed by atoms with Gasteiger partial charge in [-0.05, 0) is 29.8 Å². The summed E-state index contributed by atoms with van der Waals surface area (Å²) in [6, 6.07) is 15.0. The maximum Gasteiger partial charge on any atom is 0.259 e. The molecular formula is C17H17N3O4S. The molecule has 0 atom stereocenters. The molecule has 1 heterocycles. The Hall–Kier alpha value is -2.84. The molecule has 2 aromatic rings. The second kappa shape index (κ2) is 6.96. The number of aromatic hydroxyl groups is 1. The zero-order chi connectivity index (χ0) is 17.9. The van der Waals surface area contributed by atoms with Crippen LogP contribution in [-0.4, -0.2) is 36.2 Å². The van der Waals surface area contributed by atoms with E-state index >= 15 is 0 Å². The Morgan fingerprint density at radius 3 is 2.40 bits per heavy atom. The molecule has 25 heavy (non-hydrogen) atoms. The van der Waals surface area contributed by atoms with Crippen LogP contribution >= 0.6 is 0 Å². The third-order valence-corrected chi connectivity index (χ3v) is 4.75. The average molecular weight is 359 g/mol. The first-order valence-electron chi connectivity index (χ1n) is 7.51. The van der Waals surface area contributed by atoms with Crippen molar-refractivity contribution < 1.29 is 18.7 Å². The highest BCUT2D eigenvalue weighted by Crippen LogP contribution is 2.21. The van der Waals surface area contributed by atoms with Gasteiger partial charge in [0.05, 0.1) is 11.4 Å². The van der Waals surface area contributed by atoms with Crippen LogP contribution in [0, 0.1) is 0 Å². The Labute approximate surface area is 145 Å². The van der Waals surface area contributed by atoms with Gasteiger partial charge in [0.2, 0.25) is 0 Å². The number of rotatable bonds is 4. The molecule has 0 aromatic heterocycles. The quantitative estimate of drug-likeness (QED) is 0.771. The zero-order valence-electron chi connectivity index (χ0n) is 13.2. The van der Waals surface area contributed by atoms with Crippen molar-refractivity contribution in [1.82, 2.24) is 10.4 Å². The molecule has 3 rings (SSSR count). The molecule has 0 unspecified atom stereocenters. The summed E-state index contributed by atoms with van der Waals surface area (Å²) in [6.45, 7) is -0.0965. The van der Waals surface area contributed by atoms with Crippen molar-refractivity contribution in [2.45, 2.75) is 5.75 Å². The molecule has 0 radical (unpaired) electrons. The molecule has 8 heteroatoms. The second-order valence-corrected chi connectivity index (χ2v) is 7.16. The smallest absolute Gasteiger partial charge is 0.259 e. The summed E-state index contributed by atoms with van der Waals surface area (Å²) in [7, 11) is -3.72. The van der Waals surface area contributed by atoms with Crippen molar-refractivity contribution in [3.8, 4) is 5.75 Å². The van der Waals surface area contributed by atoms with Crippen molar-refractivity contribution in [2.24, 2.45) is 4.40 Å². The predicted octanol–water partition coefficient (Wildman–Crippen LogP) is 1.91. The molecule has 7 nitrogen and oxygen atoms in total. The van der Waals surface area contributed by atoms with E-state index in [2.05, 4.69) is 9.71 Å². The molecule has 0 bridgehead atoms. The first-order chi connectivity index (χ1) is 11.9. The van der Waals surface area contributed by atoms with Crippen LogP contribution in [0.1, 0.15) is 11.1 Å². The lowest BCUT2D eigenvalue weighted by Gasteiger charge is -2.26. The number of sulfonamides is 1. The number of phenolic OH excluding ortho intramolecular Hbond substituents is 1. The number of amidine groups is 1. The monoisotopic (exact) mass is 359 g/mol. The van der Waals surface area contributed by atoms with Gasteiger partial charge in [0.1, 0.15) is 18.1 Å². The van der Waals surface area contributed by atoms with E-state index < -0.39 is 10.0 Å². The molecule has 0 amide bonds. The van der Waals surface area contributed by atoms with Crippen LogP contribution < -0.4 is 5.32 Å². The molecule has 130 valence electrons. The zero-order valence-corrected chi connectivity index (χ0v) is 14.0. The van der Waals surface area contributed by atoms with Crippen molar-refractivity contribution in [3.05, 3.63) is 71.9 Å². The first-order valence-corrected chi connectivity index (χ1v) is 9.12. The van der Waals surface area contributed by atoms with Crippen LogP contribution in [0.5, 0.6) is 5.75 Å². The van der Waals surface area contributed by atoms with Crippen molar-refractivity contribution in [1.29, 1.82) is 0 Å². The predicted molar refractivity (Wildman–Crippen MR) is 94.2 cm³/mol. The van der Waals surface area contributed by atoms with Gasteiger partial charge in [0.25, 0.3) is 10.0 Å². The van der Waals surface area contributed by atoms with E-state index in [-0.39, 0.29) is 23.9 Å². The molecular weight excluding hydrogens is 342 g/mol. The van der Waals surface area contributed by atoms with Gasteiger partial charge in [0, 0.05) is 11.8 Å². The van der Waals surface area contributed by atoms with E-state index in [0.29, 0.717) is 16.8 Å². The number of nitrogens with one attached hydrogen (secondary N) is 1. The maximum atomic E-state index is 12.2. The van der Waals surface area contributed by atoms with E-state index in [9.17, 15) is 18.7 Å². The van der Waals surface area contributed by atoms with Gasteiger partial charge in [-0.25, -0.2) is 13.5 Å². The van der Waals surface area contributed by atoms with Gasteiger partial charge < -0.3 is 10.4 Å². The summed E-state index contributed by atoms with van der Waals surface area (Å²) in [6.07, 6.45) is 1.47. The Bertz CT molecular complexity index is 907. The van der Waals surface area contributed by atoms with E-state index in [4.69, 9.17) is 0 Å². The van der Waals surface area contributed by atoms with Gasteiger partial charge in [-0.3, -0.25) is 5.21 Å². The lowest BCUT2D eigenvalue weighted by atomic mass is 10.1. The minimum Gasteiger partial charge on any atom is -0.508 e. The minimum atomic E-state index is -3.72. The molecule has 0 saturated heterocycles. The number of hydroxylamine groups is 2. The summed E-state index contributed by atoms with van der Waals surface area (Å²) < 4.78 is 28.1. The Morgan fingerprint density at radius 2 is 1.76 bits per heavy atom. The summed E-state index contributed by atoms with van der Waals surface area (Å²) in [5.41, 5.74) is 1.75. The molecule has 2 aromatic carbocycles. The highest BCUT2D eigenvalue weighted by molar-refractivity contribution is 7.89. The minimum absolute atomic E-state index is 0.0965. The summed E-state index contributed by atoms with van der Waals surface area (Å²) in [5.74, 6) is 0.0340. The van der Waals surface area contributed by atoms with Crippen LogP contribution in [0.2, 0.25) is 0 Å². The Kier molecular flexibility index (Phi) is 4.73. The fourth-order valence-electron chi connectivity index (χ4n) is 2.40. The van der Waals surface area contributed by atoms with E-state index in [1.54, 1.807) is 36.4 Å². The Balaban J connectivity index is 1.77. The molecule has 1 aliphatic rings. The molecule has 0 aliphatic carbocycles. The van der Waals surface area contributed by atoms with Gasteiger partial charge in [-0.1, -0.05) is 30.3 Å². The summed E-state index contributed by atoms with van der Waals surface area (Å²) >= 11 is 0. The number of hydrogen-bond acceptors (Lipinski definition) is 5. The molecule has 0 saturated carbocycles.